The molecule has 2 rings (SSSR count). The van der Waals surface area contributed by atoms with Crippen LogP contribution in [0.4, 0.5) is 10.1 Å². The van der Waals surface area contributed by atoms with E-state index in [4.69, 9.17) is 11.6 Å². The van der Waals surface area contributed by atoms with Gasteiger partial charge in [0.15, 0.2) is 5.96 Å². The summed E-state index contributed by atoms with van der Waals surface area (Å²) in [7, 11) is 1.61. The molecule has 0 saturated carbocycles. The Hall–Kier alpha value is -1.94. The molecule has 0 aliphatic heterocycles. The van der Waals surface area contributed by atoms with Crippen LogP contribution in [0.25, 0.3) is 0 Å². The molecule has 3 N–H and O–H groups in total. The van der Waals surface area contributed by atoms with Crippen molar-refractivity contribution < 1.29 is 9.18 Å². The van der Waals surface area contributed by atoms with Crippen molar-refractivity contribution in [3.63, 3.8) is 0 Å². The van der Waals surface area contributed by atoms with Gasteiger partial charge in [0.25, 0.3) is 0 Å². The fourth-order valence-corrected chi connectivity index (χ4v) is 2.15. The average molecular weight is 492 g/mol. The predicted molar refractivity (Wildman–Crippen MR) is 113 cm³/mol. The Bertz CT molecular complexity index is 742. The molecule has 0 aliphatic rings. The number of carbonyl (C=O) groups is 1. The molecule has 9 heteroatoms. The van der Waals surface area contributed by atoms with Crippen LogP contribution < -0.4 is 16.0 Å². The number of halogens is 3. The van der Waals surface area contributed by atoms with Crippen LogP contribution in [0.5, 0.6) is 0 Å². The van der Waals surface area contributed by atoms with Crippen LogP contribution >= 0.6 is 35.6 Å². The van der Waals surface area contributed by atoms with Crippen LogP contribution in [-0.4, -0.2) is 37.0 Å². The molecule has 0 radical (unpaired) electrons. The van der Waals surface area contributed by atoms with Gasteiger partial charge in [0.2, 0.25) is 5.91 Å². The summed E-state index contributed by atoms with van der Waals surface area (Å²) in [5, 5.41) is 9.06. The van der Waals surface area contributed by atoms with Crippen LogP contribution in [0.1, 0.15) is 5.56 Å². The first-order chi connectivity index (χ1) is 12.1. The van der Waals surface area contributed by atoms with Crippen LogP contribution in [0.15, 0.2) is 47.6 Å². The van der Waals surface area contributed by atoms with Crippen molar-refractivity contribution >= 4 is 53.1 Å². The van der Waals surface area contributed by atoms with Crippen LogP contribution in [0, 0.1) is 5.82 Å². The van der Waals surface area contributed by atoms with Gasteiger partial charge in [-0.1, -0.05) is 23.7 Å². The minimum atomic E-state index is -0.403. The van der Waals surface area contributed by atoms with Crippen molar-refractivity contribution in [2.75, 3.05) is 25.5 Å². The van der Waals surface area contributed by atoms with Crippen molar-refractivity contribution in [1.29, 1.82) is 0 Å². The van der Waals surface area contributed by atoms with Crippen LogP contribution in [-0.2, 0) is 11.2 Å². The van der Waals surface area contributed by atoms with Crippen molar-refractivity contribution in [3.05, 3.63) is 59.1 Å². The summed E-state index contributed by atoms with van der Waals surface area (Å²) in [5.41, 5.74) is 1.45. The minimum Gasteiger partial charge on any atom is -0.356 e. The van der Waals surface area contributed by atoms with E-state index in [-0.39, 0.29) is 36.4 Å². The van der Waals surface area contributed by atoms with Gasteiger partial charge in [-0.15, -0.1) is 24.0 Å². The number of hydrogen-bond donors (Lipinski definition) is 3. The Kier molecular flexibility index (Phi) is 9.89. The number of pyridine rings is 1. The number of amides is 1. The quantitative estimate of drug-likeness (QED) is 0.251. The Morgan fingerprint density at radius 2 is 2.08 bits per heavy atom. The highest BCUT2D eigenvalue weighted by Crippen LogP contribution is 2.08. The number of anilines is 1. The van der Waals surface area contributed by atoms with Crippen molar-refractivity contribution in [2.45, 2.75) is 6.42 Å². The maximum atomic E-state index is 13.1. The molecule has 0 spiro atoms. The number of hydrogen-bond acceptors (Lipinski definition) is 3. The third-order valence-corrected chi connectivity index (χ3v) is 3.47. The average Bonchev–Trinajstić information content (AvgIpc) is 2.59. The largest absolute Gasteiger partial charge is 0.356 e. The van der Waals surface area contributed by atoms with E-state index in [2.05, 4.69) is 25.9 Å². The normalized spacial score (nSPS) is 10.7. The standard InChI is InChI=1S/C17H19ClFN5O.HI/c1-20-17(21-8-7-12-5-6-15(18)22-10-12)23-11-16(25)24-14-4-2-3-13(19)9-14;/h2-6,9-10H,7-8,11H2,1H3,(H,24,25)(H2,20,21,23);1H. The number of carbonyl (C=O) groups excluding carboxylic acids is 1. The molecule has 1 aromatic heterocycles. The van der Waals surface area contributed by atoms with E-state index in [1.54, 1.807) is 25.4 Å². The molecule has 0 saturated heterocycles. The summed E-state index contributed by atoms with van der Waals surface area (Å²) in [6.45, 7) is 0.632. The lowest BCUT2D eigenvalue weighted by atomic mass is 10.2. The monoisotopic (exact) mass is 491 g/mol. The lowest BCUT2D eigenvalue weighted by molar-refractivity contribution is -0.115. The second-order valence-corrected chi connectivity index (χ2v) is 5.54. The van der Waals surface area contributed by atoms with E-state index >= 15 is 0 Å². The Morgan fingerprint density at radius 3 is 2.73 bits per heavy atom. The van der Waals surface area contributed by atoms with Gasteiger partial charge in [-0.3, -0.25) is 9.79 Å². The van der Waals surface area contributed by atoms with Crippen LogP contribution in [0.2, 0.25) is 5.15 Å². The van der Waals surface area contributed by atoms with Crippen molar-refractivity contribution in [1.82, 2.24) is 15.6 Å². The first-order valence-corrected chi connectivity index (χ1v) is 8.05. The van der Waals surface area contributed by atoms with E-state index in [0.29, 0.717) is 23.3 Å². The van der Waals surface area contributed by atoms with Gasteiger partial charge in [0, 0.05) is 25.5 Å². The van der Waals surface area contributed by atoms with Crippen molar-refractivity contribution in [2.24, 2.45) is 4.99 Å². The maximum Gasteiger partial charge on any atom is 0.243 e. The minimum absolute atomic E-state index is 0. The molecule has 0 atom stereocenters. The zero-order valence-corrected chi connectivity index (χ0v) is 17.2. The molecule has 0 fully saturated rings. The van der Waals surface area contributed by atoms with Gasteiger partial charge in [0.05, 0.1) is 6.54 Å². The molecule has 1 aromatic carbocycles. The van der Waals surface area contributed by atoms with Gasteiger partial charge < -0.3 is 16.0 Å². The Labute approximate surface area is 173 Å². The number of nitrogens with one attached hydrogen (secondary N) is 3. The molecule has 0 aliphatic carbocycles. The number of aromatic nitrogens is 1. The molecular weight excluding hydrogens is 472 g/mol. The van der Waals surface area contributed by atoms with Gasteiger partial charge in [0.1, 0.15) is 11.0 Å². The topological polar surface area (TPSA) is 78.4 Å². The maximum absolute atomic E-state index is 13.1. The first kappa shape index (κ1) is 22.1. The zero-order valence-electron chi connectivity index (χ0n) is 14.1. The highest BCUT2D eigenvalue weighted by molar-refractivity contribution is 14.0. The SMILES string of the molecule is CN=C(NCCc1ccc(Cl)nc1)NCC(=O)Nc1cccc(F)c1.I. The zero-order chi connectivity index (χ0) is 18.1. The molecule has 0 bridgehead atoms. The number of guanidine groups is 1. The molecule has 1 amide bonds. The summed E-state index contributed by atoms with van der Waals surface area (Å²) in [5.74, 6) is -0.202. The van der Waals surface area contributed by atoms with Gasteiger partial charge >= 0.3 is 0 Å². The summed E-state index contributed by atoms with van der Waals surface area (Å²) in [4.78, 5) is 19.9. The van der Waals surface area contributed by atoms with E-state index in [1.165, 1.54) is 18.2 Å². The molecule has 26 heavy (non-hydrogen) atoms. The van der Waals surface area contributed by atoms with Gasteiger partial charge in [-0.2, -0.15) is 0 Å². The predicted octanol–water partition coefficient (Wildman–Crippen LogP) is 2.84. The lowest BCUT2D eigenvalue weighted by Crippen LogP contribution is -2.42. The fourth-order valence-electron chi connectivity index (χ4n) is 2.04. The number of rotatable bonds is 6. The smallest absolute Gasteiger partial charge is 0.243 e. The van der Waals surface area contributed by atoms with E-state index in [0.717, 1.165) is 12.0 Å². The molecular formula is C17H20ClFIN5O. The van der Waals surface area contributed by atoms with E-state index < -0.39 is 5.82 Å². The van der Waals surface area contributed by atoms with E-state index in [9.17, 15) is 9.18 Å². The molecule has 140 valence electrons. The summed E-state index contributed by atoms with van der Waals surface area (Å²) < 4.78 is 13.1. The lowest BCUT2D eigenvalue weighted by Gasteiger charge is -2.12. The van der Waals surface area contributed by atoms with E-state index in [1.807, 2.05) is 6.07 Å². The summed E-state index contributed by atoms with van der Waals surface area (Å²) in [6, 6.07) is 9.36. The Balaban J connectivity index is 0.00000338. The number of benzene rings is 1. The van der Waals surface area contributed by atoms with Gasteiger partial charge in [-0.25, -0.2) is 9.37 Å². The second kappa shape index (κ2) is 11.6. The third-order valence-electron chi connectivity index (χ3n) is 3.24. The highest BCUT2D eigenvalue weighted by atomic mass is 127. The molecule has 1 heterocycles. The number of aliphatic imine (C=N–C) groups is 1. The number of nitrogens with zero attached hydrogens (tertiary/aromatic N) is 2. The first-order valence-electron chi connectivity index (χ1n) is 7.67. The molecule has 6 nitrogen and oxygen atoms in total. The Morgan fingerprint density at radius 1 is 1.27 bits per heavy atom. The second-order valence-electron chi connectivity index (χ2n) is 5.15. The van der Waals surface area contributed by atoms with Crippen molar-refractivity contribution in [3.8, 4) is 0 Å². The van der Waals surface area contributed by atoms with Gasteiger partial charge in [-0.05, 0) is 36.2 Å². The molecule has 2 aromatic rings. The van der Waals surface area contributed by atoms with Crippen LogP contribution in [0.3, 0.4) is 0 Å². The third kappa shape index (κ3) is 7.96. The highest BCUT2D eigenvalue weighted by Gasteiger charge is 2.05. The fraction of sp³-hybridized carbons (Fsp3) is 0.235. The molecule has 0 unspecified atom stereocenters. The summed E-state index contributed by atoms with van der Waals surface area (Å²) in [6.07, 6.45) is 2.45. The summed E-state index contributed by atoms with van der Waals surface area (Å²) >= 11 is 5.74.